The van der Waals surface area contributed by atoms with Gasteiger partial charge in [0.2, 0.25) is 5.89 Å². The van der Waals surface area contributed by atoms with Gasteiger partial charge in [-0.05, 0) is 12.8 Å². The Kier molecular flexibility index (Phi) is 3.00. The number of hydrogen-bond acceptors (Lipinski definition) is 6. The third-order valence-electron chi connectivity index (χ3n) is 3.20. The molecule has 1 N–H and O–H groups in total. The fourth-order valence-corrected chi connectivity index (χ4v) is 2.02. The second-order valence-electron chi connectivity index (χ2n) is 4.76. The summed E-state index contributed by atoms with van der Waals surface area (Å²) in [5.74, 6) is 0.866. The van der Waals surface area contributed by atoms with Gasteiger partial charge >= 0.3 is 5.97 Å². The first-order valence-electron chi connectivity index (χ1n) is 6.11. The Bertz CT molecular complexity index is 443. The SMILES string of the molecule is O=C(O)C1CN(Cc2noc(C3CC3)n2)CCO1. The average Bonchev–Trinajstić information content (AvgIpc) is 3.11. The Morgan fingerprint density at radius 2 is 2.33 bits per heavy atom. The van der Waals surface area contributed by atoms with E-state index in [9.17, 15) is 4.79 Å². The summed E-state index contributed by atoms with van der Waals surface area (Å²) in [4.78, 5) is 17.2. The number of carboxylic acids is 1. The number of carbonyl (C=O) groups is 1. The summed E-state index contributed by atoms with van der Waals surface area (Å²) in [5, 5.41) is 12.8. The molecule has 0 radical (unpaired) electrons. The number of nitrogens with zero attached hydrogens (tertiary/aromatic N) is 3. The summed E-state index contributed by atoms with van der Waals surface area (Å²) in [5.41, 5.74) is 0. The molecule has 1 saturated heterocycles. The molecule has 98 valence electrons. The van der Waals surface area contributed by atoms with Gasteiger partial charge in [-0.15, -0.1) is 0 Å². The molecule has 1 aromatic heterocycles. The molecule has 7 nitrogen and oxygen atoms in total. The van der Waals surface area contributed by atoms with Gasteiger partial charge in [0.15, 0.2) is 11.9 Å². The highest BCUT2D eigenvalue weighted by Gasteiger charge is 2.31. The zero-order valence-corrected chi connectivity index (χ0v) is 9.91. The number of ether oxygens (including phenoxy) is 1. The van der Waals surface area contributed by atoms with Crippen molar-refractivity contribution in [2.45, 2.75) is 31.4 Å². The smallest absolute Gasteiger partial charge is 0.334 e. The number of carboxylic acid groups (broad SMARTS) is 1. The predicted molar refractivity (Wildman–Crippen MR) is 58.9 cm³/mol. The van der Waals surface area contributed by atoms with Crippen LogP contribution in [0.1, 0.15) is 30.5 Å². The van der Waals surface area contributed by atoms with E-state index >= 15 is 0 Å². The molecule has 1 aliphatic carbocycles. The number of morpholine rings is 1. The van der Waals surface area contributed by atoms with Crippen LogP contribution < -0.4 is 0 Å². The van der Waals surface area contributed by atoms with Crippen molar-refractivity contribution in [1.82, 2.24) is 15.0 Å². The summed E-state index contributed by atoms with van der Waals surface area (Å²) < 4.78 is 10.3. The minimum absolute atomic E-state index is 0.364. The van der Waals surface area contributed by atoms with Crippen molar-refractivity contribution in [1.29, 1.82) is 0 Å². The van der Waals surface area contributed by atoms with Crippen molar-refractivity contribution in [3.05, 3.63) is 11.7 Å². The number of hydrogen-bond donors (Lipinski definition) is 1. The topological polar surface area (TPSA) is 88.7 Å². The van der Waals surface area contributed by atoms with Crippen molar-refractivity contribution in [3.63, 3.8) is 0 Å². The van der Waals surface area contributed by atoms with Crippen LogP contribution in [0.3, 0.4) is 0 Å². The predicted octanol–water partition coefficient (Wildman–Crippen LogP) is 0.232. The van der Waals surface area contributed by atoms with Gasteiger partial charge in [-0.25, -0.2) is 4.79 Å². The lowest BCUT2D eigenvalue weighted by Crippen LogP contribution is -2.45. The molecule has 3 rings (SSSR count). The van der Waals surface area contributed by atoms with Crippen LogP contribution in [0, 0.1) is 0 Å². The highest BCUT2D eigenvalue weighted by atomic mass is 16.5. The summed E-state index contributed by atoms with van der Waals surface area (Å²) in [6.07, 6.45) is 1.49. The van der Waals surface area contributed by atoms with Gasteiger partial charge in [0.05, 0.1) is 13.2 Å². The van der Waals surface area contributed by atoms with E-state index in [1.807, 2.05) is 4.90 Å². The normalized spacial score (nSPS) is 25.2. The van der Waals surface area contributed by atoms with Gasteiger partial charge in [-0.2, -0.15) is 4.98 Å². The van der Waals surface area contributed by atoms with E-state index in [0.717, 1.165) is 12.8 Å². The van der Waals surface area contributed by atoms with Crippen LogP contribution in [0.2, 0.25) is 0 Å². The van der Waals surface area contributed by atoms with E-state index in [-0.39, 0.29) is 0 Å². The number of aliphatic carboxylic acids is 1. The standard InChI is InChI=1S/C11H15N3O4/c15-11(16)8-5-14(3-4-17-8)6-9-12-10(18-13-9)7-1-2-7/h7-8H,1-6H2,(H,15,16). The summed E-state index contributed by atoms with van der Waals surface area (Å²) >= 11 is 0. The molecule has 1 unspecified atom stereocenters. The molecule has 0 aromatic carbocycles. The lowest BCUT2D eigenvalue weighted by atomic mass is 10.2. The van der Waals surface area contributed by atoms with E-state index in [1.54, 1.807) is 0 Å². The van der Waals surface area contributed by atoms with Gasteiger partial charge in [0.25, 0.3) is 0 Å². The fraction of sp³-hybridized carbons (Fsp3) is 0.727. The molecule has 0 bridgehead atoms. The molecule has 1 aromatic rings. The summed E-state index contributed by atoms with van der Waals surface area (Å²) in [7, 11) is 0. The minimum atomic E-state index is -0.925. The lowest BCUT2D eigenvalue weighted by molar-refractivity contribution is -0.156. The Labute approximate surface area is 104 Å². The molecule has 0 amide bonds. The van der Waals surface area contributed by atoms with Crippen LogP contribution in [-0.4, -0.2) is 51.9 Å². The van der Waals surface area contributed by atoms with Crippen LogP contribution >= 0.6 is 0 Å². The average molecular weight is 253 g/mol. The zero-order valence-electron chi connectivity index (χ0n) is 9.91. The quantitative estimate of drug-likeness (QED) is 0.821. The highest BCUT2D eigenvalue weighted by Crippen LogP contribution is 2.38. The first-order chi connectivity index (χ1) is 8.72. The first kappa shape index (κ1) is 11.6. The van der Waals surface area contributed by atoms with E-state index in [1.165, 1.54) is 0 Å². The molecule has 2 aliphatic rings. The molecule has 18 heavy (non-hydrogen) atoms. The van der Waals surface area contributed by atoms with Crippen molar-refractivity contribution in [3.8, 4) is 0 Å². The second kappa shape index (κ2) is 4.66. The molecule has 0 spiro atoms. The number of rotatable bonds is 4. The van der Waals surface area contributed by atoms with Crippen molar-refractivity contribution in [2.75, 3.05) is 19.7 Å². The Balaban J connectivity index is 1.59. The van der Waals surface area contributed by atoms with Crippen molar-refractivity contribution >= 4 is 5.97 Å². The van der Waals surface area contributed by atoms with Gasteiger partial charge in [-0.3, -0.25) is 4.90 Å². The second-order valence-corrected chi connectivity index (χ2v) is 4.76. The lowest BCUT2D eigenvalue weighted by Gasteiger charge is -2.29. The van der Waals surface area contributed by atoms with Gasteiger partial charge < -0.3 is 14.4 Å². The third-order valence-corrected chi connectivity index (χ3v) is 3.20. The molecular weight excluding hydrogens is 238 g/mol. The van der Waals surface area contributed by atoms with Crippen LogP contribution in [0.15, 0.2) is 4.52 Å². The van der Waals surface area contributed by atoms with Crippen LogP contribution in [0.5, 0.6) is 0 Å². The molecular formula is C11H15N3O4. The molecule has 1 atom stereocenters. The molecule has 1 saturated carbocycles. The third kappa shape index (κ3) is 2.51. The minimum Gasteiger partial charge on any atom is -0.479 e. The van der Waals surface area contributed by atoms with Crippen LogP contribution in [0.4, 0.5) is 0 Å². The first-order valence-corrected chi connectivity index (χ1v) is 6.11. The summed E-state index contributed by atoms with van der Waals surface area (Å²) in [6.45, 7) is 1.99. The molecule has 2 heterocycles. The van der Waals surface area contributed by atoms with E-state index in [0.29, 0.717) is 43.9 Å². The van der Waals surface area contributed by atoms with Gasteiger partial charge in [-0.1, -0.05) is 5.16 Å². The van der Waals surface area contributed by atoms with E-state index in [2.05, 4.69) is 10.1 Å². The van der Waals surface area contributed by atoms with Crippen LogP contribution in [-0.2, 0) is 16.1 Å². The number of aromatic nitrogens is 2. The van der Waals surface area contributed by atoms with Crippen LogP contribution in [0.25, 0.3) is 0 Å². The highest BCUT2D eigenvalue weighted by molar-refractivity contribution is 5.72. The van der Waals surface area contributed by atoms with Gasteiger partial charge in [0.1, 0.15) is 0 Å². The molecule has 2 fully saturated rings. The zero-order chi connectivity index (χ0) is 12.5. The molecule has 1 aliphatic heterocycles. The van der Waals surface area contributed by atoms with Gasteiger partial charge in [0, 0.05) is 19.0 Å². The van der Waals surface area contributed by atoms with E-state index < -0.39 is 12.1 Å². The van der Waals surface area contributed by atoms with Crippen molar-refractivity contribution < 1.29 is 19.2 Å². The molecule has 7 heteroatoms. The van der Waals surface area contributed by atoms with Crippen molar-refractivity contribution in [2.24, 2.45) is 0 Å². The maximum atomic E-state index is 10.9. The Hall–Kier alpha value is -1.47. The van der Waals surface area contributed by atoms with E-state index in [4.69, 9.17) is 14.4 Å². The fourth-order valence-electron chi connectivity index (χ4n) is 2.02. The Morgan fingerprint density at radius 1 is 1.50 bits per heavy atom. The monoisotopic (exact) mass is 253 g/mol. The Morgan fingerprint density at radius 3 is 3.06 bits per heavy atom. The summed E-state index contributed by atoms with van der Waals surface area (Å²) in [6, 6.07) is 0. The maximum absolute atomic E-state index is 10.9. The maximum Gasteiger partial charge on any atom is 0.334 e. The largest absolute Gasteiger partial charge is 0.479 e.